The Kier molecular flexibility index (Phi) is 4.20. The van der Waals surface area contributed by atoms with Crippen molar-refractivity contribution in [2.45, 2.75) is 26.2 Å². The van der Waals surface area contributed by atoms with Gasteiger partial charge < -0.3 is 4.18 Å². The molecular formula is C14H16O3S. The van der Waals surface area contributed by atoms with Gasteiger partial charge in [0, 0.05) is 0 Å². The molecule has 0 saturated carbocycles. The fraction of sp³-hybridized carbons (Fsp3) is 0.286. The van der Waals surface area contributed by atoms with Gasteiger partial charge in [-0.1, -0.05) is 37.6 Å². The van der Waals surface area contributed by atoms with Crippen LogP contribution in [0.1, 0.15) is 25.3 Å². The smallest absolute Gasteiger partial charge is 0.299 e. The second kappa shape index (κ2) is 5.87. The van der Waals surface area contributed by atoms with Crippen molar-refractivity contribution in [3.63, 3.8) is 0 Å². The van der Waals surface area contributed by atoms with Crippen LogP contribution in [0.5, 0.6) is 5.75 Å². The van der Waals surface area contributed by atoms with Gasteiger partial charge in [-0.15, -0.1) is 0 Å². The van der Waals surface area contributed by atoms with Crippen LogP contribution in [0.3, 0.4) is 0 Å². The molecule has 0 aliphatic carbocycles. The van der Waals surface area contributed by atoms with E-state index in [1.54, 1.807) is 12.1 Å². The maximum atomic E-state index is 10.5. The first kappa shape index (κ1) is 12.9. The molecule has 0 unspecified atom stereocenters. The molecular weight excluding hydrogens is 248 g/mol. The van der Waals surface area contributed by atoms with Crippen LogP contribution in [0.4, 0.5) is 0 Å². The predicted octanol–water partition coefficient (Wildman–Crippen LogP) is 3.09. The van der Waals surface area contributed by atoms with Crippen LogP contribution in [0.25, 0.3) is 10.8 Å². The lowest BCUT2D eigenvalue weighted by Gasteiger charge is -2.07. The van der Waals surface area contributed by atoms with Crippen LogP contribution in [-0.2, 0) is 17.4 Å². The number of benzene rings is 2. The third-order valence-corrected chi connectivity index (χ3v) is 3.28. The molecule has 0 bridgehead atoms. The molecule has 96 valence electrons. The first-order valence-corrected chi connectivity index (χ1v) is 7.14. The zero-order valence-corrected chi connectivity index (χ0v) is 11.2. The Balaban J connectivity index is 2.39. The van der Waals surface area contributed by atoms with Crippen molar-refractivity contribution in [2.24, 2.45) is 0 Å². The van der Waals surface area contributed by atoms with E-state index in [4.69, 9.17) is 4.18 Å². The summed E-state index contributed by atoms with van der Waals surface area (Å²) in [5.74, 6) is 0.367. The molecule has 0 spiro atoms. The SMILES string of the molecule is CCCCc1cccc2cc(O[SH](=O)=O)ccc12. The Morgan fingerprint density at radius 2 is 2.00 bits per heavy atom. The van der Waals surface area contributed by atoms with Crippen LogP contribution in [0, 0.1) is 0 Å². The molecule has 0 heterocycles. The number of aryl methyl sites for hydroxylation is 1. The Hall–Kier alpha value is -1.55. The van der Waals surface area contributed by atoms with Crippen LogP contribution in [0.15, 0.2) is 36.4 Å². The molecule has 4 heteroatoms. The molecule has 3 nitrogen and oxygen atoms in total. The fourth-order valence-electron chi connectivity index (χ4n) is 2.06. The third kappa shape index (κ3) is 3.01. The van der Waals surface area contributed by atoms with Gasteiger partial charge in [-0.05, 0) is 41.3 Å². The molecule has 2 rings (SSSR count). The van der Waals surface area contributed by atoms with Gasteiger partial charge in [-0.3, -0.25) is 0 Å². The molecule has 0 aromatic heterocycles. The summed E-state index contributed by atoms with van der Waals surface area (Å²) in [5.41, 5.74) is 1.30. The lowest BCUT2D eigenvalue weighted by molar-refractivity contribution is 0.511. The van der Waals surface area contributed by atoms with E-state index in [2.05, 4.69) is 13.0 Å². The summed E-state index contributed by atoms with van der Waals surface area (Å²) >= 11 is 0. The van der Waals surface area contributed by atoms with Crippen LogP contribution in [0.2, 0.25) is 0 Å². The number of hydrogen-bond acceptors (Lipinski definition) is 3. The van der Waals surface area contributed by atoms with Gasteiger partial charge >= 0.3 is 0 Å². The monoisotopic (exact) mass is 264 g/mol. The average molecular weight is 264 g/mol. The number of rotatable bonds is 5. The minimum atomic E-state index is -2.85. The van der Waals surface area contributed by atoms with Crippen LogP contribution >= 0.6 is 0 Å². The van der Waals surface area contributed by atoms with E-state index in [1.807, 2.05) is 18.2 Å². The number of unbranched alkanes of at least 4 members (excludes halogenated alkanes) is 1. The first-order valence-electron chi connectivity index (χ1n) is 6.04. The summed E-state index contributed by atoms with van der Waals surface area (Å²) in [4.78, 5) is 0. The molecule has 0 aliphatic heterocycles. The molecule has 2 aromatic rings. The van der Waals surface area contributed by atoms with Gasteiger partial charge in [0.2, 0.25) is 0 Å². The summed E-state index contributed by atoms with van der Waals surface area (Å²) in [6.45, 7) is 2.17. The van der Waals surface area contributed by atoms with Gasteiger partial charge in [-0.2, -0.15) is 8.42 Å². The highest BCUT2D eigenvalue weighted by Gasteiger charge is 2.03. The highest BCUT2D eigenvalue weighted by molar-refractivity contribution is 7.67. The topological polar surface area (TPSA) is 43.4 Å². The van der Waals surface area contributed by atoms with Crippen molar-refractivity contribution in [1.82, 2.24) is 0 Å². The zero-order chi connectivity index (χ0) is 13.0. The lowest BCUT2D eigenvalue weighted by Crippen LogP contribution is -1.91. The predicted molar refractivity (Wildman–Crippen MR) is 73.5 cm³/mol. The second-order valence-electron chi connectivity index (χ2n) is 4.22. The maximum Gasteiger partial charge on any atom is 0.299 e. The molecule has 0 aliphatic rings. The fourth-order valence-corrected chi connectivity index (χ4v) is 2.34. The van der Waals surface area contributed by atoms with Gasteiger partial charge in [0.15, 0.2) is 0 Å². The number of thiol groups is 1. The lowest BCUT2D eigenvalue weighted by atomic mass is 10.0. The summed E-state index contributed by atoms with van der Waals surface area (Å²) < 4.78 is 25.8. The number of hydrogen-bond donors (Lipinski definition) is 1. The minimum Gasteiger partial charge on any atom is -0.384 e. The van der Waals surface area contributed by atoms with Crippen molar-refractivity contribution in [1.29, 1.82) is 0 Å². The minimum absolute atomic E-state index is 0.367. The van der Waals surface area contributed by atoms with E-state index < -0.39 is 11.0 Å². The Labute approximate surface area is 109 Å². The quantitative estimate of drug-likeness (QED) is 0.844. The zero-order valence-electron chi connectivity index (χ0n) is 10.3. The van der Waals surface area contributed by atoms with Crippen molar-refractivity contribution in [2.75, 3.05) is 0 Å². The van der Waals surface area contributed by atoms with Crippen LogP contribution < -0.4 is 4.18 Å². The third-order valence-electron chi connectivity index (χ3n) is 2.92. The summed E-state index contributed by atoms with van der Waals surface area (Å²) in [6.07, 6.45) is 3.36. The summed E-state index contributed by atoms with van der Waals surface area (Å²) in [6, 6.07) is 11.5. The Bertz CT molecular complexity index is 609. The second-order valence-corrected chi connectivity index (χ2v) is 4.85. The first-order chi connectivity index (χ1) is 8.70. The van der Waals surface area contributed by atoms with Gasteiger partial charge in [-0.25, -0.2) is 0 Å². The molecule has 0 saturated heterocycles. The molecule has 0 N–H and O–H groups in total. The van der Waals surface area contributed by atoms with E-state index in [9.17, 15) is 8.42 Å². The van der Waals surface area contributed by atoms with Crippen LogP contribution in [-0.4, -0.2) is 8.42 Å². The molecule has 0 fully saturated rings. The highest BCUT2D eigenvalue weighted by atomic mass is 32.2. The molecule has 18 heavy (non-hydrogen) atoms. The largest absolute Gasteiger partial charge is 0.384 e. The van der Waals surface area contributed by atoms with Gasteiger partial charge in [0.1, 0.15) is 5.75 Å². The summed E-state index contributed by atoms with van der Waals surface area (Å²) in [5, 5.41) is 2.18. The van der Waals surface area contributed by atoms with Crippen molar-refractivity contribution < 1.29 is 12.6 Å². The van der Waals surface area contributed by atoms with Crippen molar-refractivity contribution in [3.8, 4) is 5.75 Å². The molecule has 2 aromatic carbocycles. The van der Waals surface area contributed by atoms with Gasteiger partial charge in [0.05, 0.1) is 0 Å². The normalized spacial score (nSPS) is 11.0. The molecule has 0 radical (unpaired) electrons. The Morgan fingerprint density at radius 3 is 2.72 bits per heavy atom. The molecule has 0 amide bonds. The van der Waals surface area contributed by atoms with E-state index >= 15 is 0 Å². The molecule has 0 atom stereocenters. The van der Waals surface area contributed by atoms with E-state index in [-0.39, 0.29) is 0 Å². The summed E-state index contributed by atoms with van der Waals surface area (Å²) in [7, 11) is -2.85. The van der Waals surface area contributed by atoms with E-state index in [1.165, 1.54) is 10.9 Å². The van der Waals surface area contributed by atoms with Crippen molar-refractivity contribution >= 4 is 21.8 Å². The highest BCUT2D eigenvalue weighted by Crippen LogP contribution is 2.25. The van der Waals surface area contributed by atoms with E-state index in [0.717, 1.165) is 24.6 Å². The number of fused-ring (bicyclic) bond motifs is 1. The average Bonchev–Trinajstić information content (AvgIpc) is 2.35. The standard InChI is InChI=1S/C14H16O3S/c1-2-3-5-11-6-4-7-12-10-13(17-18(15)16)8-9-14(11)12/h4,6-10,18H,2-3,5H2,1H3. The maximum absolute atomic E-state index is 10.5. The van der Waals surface area contributed by atoms with Gasteiger partial charge in [0.25, 0.3) is 11.0 Å². The van der Waals surface area contributed by atoms with Crippen molar-refractivity contribution in [3.05, 3.63) is 42.0 Å². The Morgan fingerprint density at radius 1 is 1.17 bits per heavy atom. The van der Waals surface area contributed by atoms with E-state index in [0.29, 0.717) is 5.75 Å².